The van der Waals surface area contributed by atoms with Gasteiger partial charge in [-0.1, -0.05) is 6.08 Å². The molecule has 0 bridgehead atoms. The fraction of sp³-hybridized carbons (Fsp3) is 0.0625. The molecule has 0 aromatic carbocycles. The molecule has 0 amide bonds. The van der Waals surface area contributed by atoms with Crippen LogP contribution in [-0.2, 0) is 4.79 Å². The molecular weight excluding hydrogens is 240 g/mol. The zero-order chi connectivity index (χ0) is 13.1. The lowest BCUT2D eigenvalue weighted by atomic mass is 10.1. The van der Waals surface area contributed by atoms with Crippen LogP contribution in [0.15, 0.2) is 68.9 Å². The zero-order valence-corrected chi connectivity index (χ0v) is 10.2. The predicted molar refractivity (Wildman–Crippen MR) is 72.1 cm³/mol. The van der Waals surface area contributed by atoms with E-state index in [2.05, 4.69) is 0 Å². The molecule has 0 saturated carbocycles. The van der Waals surface area contributed by atoms with Gasteiger partial charge in [-0.2, -0.15) is 0 Å². The van der Waals surface area contributed by atoms with Crippen molar-refractivity contribution >= 4 is 17.9 Å². The topological polar surface area (TPSA) is 43.4 Å². The summed E-state index contributed by atoms with van der Waals surface area (Å²) in [6.07, 6.45) is 11.0. The molecule has 2 aromatic rings. The van der Waals surface area contributed by atoms with Gasteiger partial charge in [0.1, 0.15) is 11.5 Å². The summed E-state index contributed by atoms with van der Waals surface area (Å²) in [6, 6.07) is 7.33. The Hall–Kier alpha value is -2.55. The van der Waals surface area contributed by atoms with Crippen molar-refractivity contribution in [2.24, 2.45) is 0 Å². The Kier molecular flexibility index (Phi) is 3.02. The van der Waals surface area contributed by atoms with Crippen LogP contribution in [-0.4, -0.2) is 5.78 Å². The van der Waals surface area contributed by atoms with Gasteiger partial charge >= 0.3 is 0 Å². The number of carbonyl (C=O) groups excluding carboxylic acids is 1. The van der Waals surface area contributed by atoms with E-state index < -0.39 is 0 Å². The highest BCUT2D eigenvalue weighted by atomic mass is 16.3. The third-order valence-electron chi connectivity index (χ3n) is 2.89. The van der Waals surface area contributed by atoms with E-state index >= 15 is 0 Å². The first-order valence-electron chi connectivity index (χ1n) is 6.02. The van der Waals surface area contributed by atoms with E-state index in [1.54, 1.807) is 30.7 Å². The van der Waals surface area contributed by atoms with Crippen LogP contribution in [0.4, 0.5) is 0 Å². The summed E-state index contributed by atoms with van der Waals surface area (Å²) in [5.74, 6) is 1.51. The van der Waals surface area contributed by atoms with Crippen molar-refractivity contribution < 1.29 is 13.6 Å². The average Bonchev–Trinajstić information content (AvgIpc) is 3.11. The van der Waals surface area contributed by atoms with Crippen LogP contribution in [0.25, 0.3) is 12.2 Å². The minimum atomic E-state index is 0.0375. The highest BCUT2D eigenvalue weighted by Gasteiger charge is 2.17. The molecule has 1 aliphatic carbocycles. The molecular formula is C16H12O3. The Morgan fingerprint density at radius 2 is 1.74 bits per heavy atom. The fourth-order valence-electron chi connectivity index (χ4n) is 1.97. The van der Waals surface area contributed by atoms with Crippen LogP contribution >= 0.6 is 0 Å². The minimum Gasteiger partial charge on any atom is -0.465 e. The van der Waals surface area contributed by atoms with Crippen molar-refractivity contribution in [1.29, 1.82) is 0 Å². The molecule has 19 heavy (non-hydrogen) atoms. The predicted octanol–water partition coefficient (Wildman–Crippen LogP) is 3.87. The number of ketones is 1. The van der Waals surface area contributed by atoms with Gasteiger partial charge < -0.3 is 8.83 Å². The van der Waals surface area contributed by atoms with Crippen molar-refractivity contribution in [2.75, 3.05) is 0 Å². The monoisotopic (exact) mass is 252 g/mol. The van der Waals surface area contributed by atoms with Crippen LogP contribution in [0, 0.1) is 0 Å². The Morgan fingerprint density at radius 3 is 2.42 bits per heavy atom. The first kappa shape index (κ1) is 11.5. The molecule has 0 aliphatic heterocycles. The van der Waals surface area contributed by atoms with Crippen LogP contribution < -0.4 is 0 Å². The smallest absolute Gasteiger partial charge is 0.182 e. The Labute approximate surface area is 110 Å². The summed E-state index contributed by atoms with van der Waals surface area (Å²) < 4.78 is 10.4. The molecule has 3 nitrogen and oxygen atoms in total. The van der Waals surface area contributed by atoms with Gasteiger partial charge in [0.05, 0.1) is 12.5 Å². The van der Waals surface area contributed by atoms with Crippen LogP contribution in [0.1, 0.15) is 17.9 Å². The van der Waals surface area contributed by atoms with Gasteiger partial charge in [0.2, 0.25) is 0 Å². The first-order chi connectivity index (χ1) is 9.31. The average molecular weight is 252 g/mol. The highest BCUT2D eigenvalue weighted by Crippen LogP contribution is 2.25. The van der Waals surface area contributed by atoms with E-state index in [9.17, 15) is 4.79 Å². The van der Waals surface area contributed by atoms with Gasteiger partial charge in [-0.05, 0) is 48.1 Å². The van der Waals surface area contributed by atoms with Crippen molar-refractivity contribution in [3.63, 3.8) is 0 Å². The summed E-state index contributed by atoms with van der Waals surface area (Å²) in [4.78, 5) is 11.8. The Balaban J connectivity index is 1.74. The van der Waals surface area contributed by atoms with E-state index in [0.717, 1.165) is 16.9 Å². The molecule has 0 spiro atoms. The van der Waals surface area contributed by atoms with E-state index in [-0.39, 0.29) is 5.78 Å². The maximum Gasteiger partial charge on any atom is 0.182 e. The largest absolute Gasteiger partial charge is 0.465 e. The quantitative estimate of drug-likeness (QED) is 0.779. The number of allylic oxidation sites excluding steroid dienone is 4. The number of hydrogen-bond donors (Lipinski definition) is 0. The van der Waals surface area contributed by atoms with Gasteiger partial charge in [0.25, 0.3) is 0 Å². The maximum atomic E-state index is 11.8. The summed E-state index contributed by atoms with van der Waals surface area (Å²) >= 11 is 0. The third-order valence-corrected chi connectivity index (χ3v) is 2.89. The molecule has 1 aliphatic rings. The Morgan fingerprint density at radius 1 is 1.00 bits per heavy atom. The molecule has 2 heterocycles. The second kappa shape index (κ2) is 4.98. The van der Waals surface area contributed by atoms with E-state index in [1.165, 1.54) is 0 Å². The third kappa shape index (κ3) is 2.65. The van der Waals surface area contributed by atoms with Crippen LogP contribution in [0.2, 0.25) is 0 Å². The van der Waals surface area contributed by atoms with E-state index in [4.69, 9.17) is 8.83 Å². The number of rotatable bonds is 3. The molecule has 0 N–H and O–H groups in total. The second-order valence-electron chi connectivity index (χ2n) is 4.29. The van der Waals surface area contributed by atoms with Crippen molar-refractivity contribution in [1.82, 2.24) is 0 Å². The van der Waals surface area contributed by atoms with Gasteiger partial charge in [-0.25, -0.2) is 0 Å². The highest BCUT2D eigenvalue weighted by molar-refractivity contribution is 6.10. The molecule has 0 saturated heterocycles. The van der Waals surface area contributed by atoms with E-state index in [1.807, 2.05) is 30.4 Å². The van der Waals surface area contributed by atoms with Gasteiger partial charge in [-0.15, -0.1) is 0 Å². The molecule has 0 unspecified atom stereocenters. The van der Waals surface area contributed by atoms with Crippen LogP contribution in [0.5, 0.6) is 0 Å². The first-order valence-corrected chi connectivity index (χ1v) is 6.02. The number of furan rings is 2. The van der Waals surface area contributed by atoms with Crippen LogP contribution in [0.3, 0.4) is 0 Å². The molecule has 94 valence electrons. The molecule has 0 radical (unpaired) electrons. The van der Waals surface area contributed by atoms with Gasteiger partial charge in [0, 0.05) is 12.0 Å². The Bertz CT molecular complexity index is 653. The minimum absolute atomic E-state index is 0.0375. The molecule has 0 atom stereocenters. The number of carbonyl (C=O) groups is 1. The molecule has 3 heteroatoms. The lowest BCUT2D eigenvalue weighted by molar-refractivity contribution is -0.111. The van der Waals surface area contributed by atoms with Crippen molar-refractivity contribution in [3.8, 4) is 0 Å². The van der Waals surface area contributed by atoms with E-state index in [0.29, 0.717) is 12.2 Å². The van der Waals surface area contributed by atoms with Gasteiger partial charge in [-0.3, -0.25) is 4.79 Å². The zero-order valence-electron chi connectivity index (χ0n) is 10.2. The van der Waals surface area contributed by atoms with Gasteiger partial charge in [0.15, 0.2) is 5.78 Å². The fourth-order valence-corrected chi connectivity index (χ4v) is 1.97. The maximum absolute atomic E-state index is 11.8. The van der Waals surface area contributed by atoms with Crippen molar-refractivity contribution in [3.05, 3.63) is 71.6 Å². The lowest BCUT2D eigenvalue weighted by Crippen LogP contribution is -1.89. The SMILES string of the molecule is O=C1C=C(/C=C\c2ccco2)C/C1=C\c1ccco1. The second-order valence-corrected chi connectivity index (χ2v) is 4.29. The number of hydrogen-bond acceptors (Lipinski definition) is 3. The molecule has 3 rings (SSSR count). The van der Waals surface area contributed by atoms with Crippen molar-refractivity contribution in [2.45, 2.75) is 6.42 Å². The summed E-state index contributed by atoms with van der Waals surface area (Å²) in [7, 11) is 0. The summed E-state index contributed by atoms with van der Waals surface area (Å²) in [5.41, 5.74) is 1.72. The summed E-state index contributed by atoms with van der Waals surface area (Å²) in [5, 5.41) is 0. The molecule has 2 aromatic heterocycles. The summed E-state index contributed by atoms with van der Waals surface area (Å²) in [6.45, 7) is 0. The standard InChI is InChI=1S/C16H12O3/c17-16-10-12(5-6-14-3-1-7-18-14)9-13(16)11-15-4-2-8-19-15/h1-8,10-11H,9H2/b6-5-,13-11+. The molecule has 0 fully saturated rings. The normalized spacial score (nSPS) is 17.6. The lowest BCUT2D eigenvalue weighted by Gasteiger charge is -1.94.